The predicted octanol–water partition coefficient (Wildman–Crippen LogP) is 3.33. The third-order valence-corrected chi connectivity index (χ3v) is 6.10. The van der Waals surface area contributed by atoms with Gasteiger partial charge in [-0.25, -0.2) is 4.98 Å². The first-order chi connectivity index (χ1) is 17.4. The minimum Gasteiger partial charge on any atom is -0.497 e. The number of nitrogens with one attached hydrogen (secondary N) is 1. The minimum atomic E-state index is -1.09. The van der Waals surface area contributed by atoms with Gasteiger partial charge in [0.2, 0.25) is 12.0 Å². The van der Waals surface area contributed by atoms with Gasteiger partial charge in [-0.2, -0.15) is 0 Å². The first-order valence-electron chi connectivity index (χ1n) is 11.7. The number of hydrogen-bond donors (Lipinski definition) is 2. The molecule has 0 unspecified atom stereocenters. The number of rotatable bonds is 8. The van der Waals surface area contributed by atoms with Crippen LogP contribution < -0.4 is 20.7 Å². The van der Waals surface area contributed by atoms with E-state index < -0.39 is 23.9 Å². The fraction of sp³-hybridized carbons (Fsp3) is 0.259. The summed E-state index contributed by atoms with van der Waals surface area (Å²) in [6, 6.07) is 19.3. The molecule has 1 fully saturated rings. The first kappa shape index (κ1) is 24.7. The van der Waals surface area contributed by atoms with E-state index in [1.54, 1.807) is 67.8 Å². The van der Waals surface area contributed by atoms with Crippen LogP contribution >= 0.6 is 0 Å². The summed E-state index contributed by atoms with van der Waals surface area (Å²) in [5.41, 5.74) is 6.75. The molecule has 9 nitrogen and oxygen atoms in total. The van der Waals surface area contributed by atoms with E-state index in [0.717, 1.165) is 0 Å². The zero-order chi connectivity index (χ0) is 25.5. The summed E-state index contributed by atoms with van der Waals surface area (Å²) in [6.45, 7) is 1.18. The third kappa shape index (κ3) is 5.99. The molecule has 3 aromatic rings. The summed E-state index contributed by atoms with van der Waals surface area (Å²) in [7, 11) is 1.55. The second-order valence-electron chi connectivity index (χ2n) is 8.48. The van der Waals surface area contributed by atoms with E-state index in [9.17, 15) is 14.4 Å². The predicted molar refractivity (Wildman–Crippen MR) is 135 cm³/mol. The lowest BCUT2D eigenvalue weighted by atomic mass is 9.96. The van der Waals surface area contributed by atoms with E-state index >= 15 is 0 Å². The highest BCUT2D eigenvalue weighted by atomic mass is 16.5. The topological polar surface area (TPSA) is 124 Å². The maximum absolute atomic E-state index is 13.2. The molecule has 36 heavy (non-hydrogen) atoms. The minimum absolute atomic E-state index is 0.344. The Balaban J connectivity index is 1.41. The van der Waals surface area contributed by atoms with Crippen molar-refractivity contribution in [2.45, 2.75) is 18.9 Å². The molecule has 0 saturated carbocycles. The maximum atomic E-state index is 13.2. The number of pyridine rings is 1. The number of benzene rings is 2. The zero-order valence-electron chi connectivity index (χ0n) is 19.9. The van der Waals surface area contributed by atoms with Gasteiger partial charge in [-0.05, 0) is 37.1 Å². The summed E-state index contributed by atoms with van der Waals surface area (Å²) >= 11 is 0. The lowest BCUT2D eigenvalue weighted by Crippen LogP contribution is -2.38. The number of nitrogens with zero attached hydrogens (tertiary/aromatic N) is 2. The van der Waals surface area contributed by atoms with Gasteiger partial charge in [-0.15, -0.1) is 0 Å². The van der Waals surface area contributed by atoms with Crippen LogP contribution in [0.4, 0.5) is 11.5 Å². The molecule has 0 spiro atoms. The Morgan fingerprint density at radius 1 is 1.03 bits per heavy atom. The SMILES string of the molecule is COc1cccc(NC(=O)[C@@H](OC(=O)C2CCN(c3ccc(C(N)=O)cn3)CC2)c2ccccc2)c1. The first-order valence-corrected chi connectivity index (χ1v) is 11.7. The molecule has 186 valence electrons. The van der Waals surface area contributed by atoms with Crippen LogP contribution in [0.5, 0.6) is 5.75 Å². The second kappa shape index (κ2) is 11.4. The molecular weight excluding hydrogens is 460 g/mol. The van der Waals surface area contributed by atoms with Gasteiger partial charge in [-0.1, -0.05) is 36.4 Å². The summed E-state index contributed by atoms with van der Waals surface area (Å²) in [5.74, 6) is -0.417. The van der Waals surface area contributed by atoms with E-state index in [1.807, 2.05) is 11.0 Å². The van der Waals surface area contributed by atoms with Crippen molar-refractivity contribution in [2.75, 3.05) is 30.4 Å². The largest absolute Gasteiger partial charge is 0.497 e. The number of amides is 2. The Morgan fingerprint density at radius 3 is 2.42 bits per heavy atom. The van der Waals surface area contributed by atoms with Crippen molar-refractivity contribution in [3.63, 3.8) is 0 Å². The average molecular weight is 489 g/mol. The van der Waals surface area contributed by atoms with Crippen LogP contribution in [-0.2, 0) is 14.3 Å². The lowest BCUT2D eigenvalue weighted by Gasteiger charge is -2.32. The third-order valence-electron chi connectivity index (χ3n) is 6.10. The molecule has 1 aromatic heterocycles. The van der Waals surface area contributed by atoms with Crippen molar-refractivity contribution in [3.05, 3.63) is 84.1 Å². The zero-order valence-corrected chi connectivity index (χ0v) is 19.9. The fourth-order valence-electron chi connectivity index (χ4n) is 4.08. The van der Waals surface area contributed by atoms with Crippen molar-refractivity contribution >= 4 is 29.3 Å². The van der Waals surface area contributed by atoms with Crippen LogP contribution in [0.3, 0.4) is 0 Å². The smallest absolute Gasteiger partial charge is 0.310 e. The van der Waals surface area contributed by atoms with Crippen LogP contribution in [-0.4, -0.2) is 43.0 Å². The number of primary amides is 1. The number of aromatic nitrogens is 1. The van der Waals surface area contributed by atoms with E-state index in [1.165, 1.54) is 6.20 Å². The molecule has 9 heteroatoms. The van der Waals surface area contributed by atoms with Crippen LogP contribution in [0, 0.1) is 5.92 Å². The van der Waals surface area contributed by atoms with Gasteiger partial charge in [0.1, 0.15) is 11.6 Å². The number of methoxy groups -OCH3 is 1. The number of hydrogen-bond acceptors (Lipinski definition) is 7. The standard InChI is InChI=1S/C27H28N4O5/c1-35-22-9-5-8-21(16-22)30-26(33)24(18-6-3-2-4-7-18)36-27(34)19-12-14-31(15-13-19)23-11-10-20(17-29-23)25(28)32/h2-11,16-17,19,24H,12-15H2,1H3,(H2,28,32)(H,30,33)/t24-/m0/s1. The highest BCUT2D eigenvalue weighted by molar-refractivity contribution is 5.96. The van der Waals surface area contributed by atoms with Gasteiger partial charge in [0.05, 0.1) is 18.6 Å². The number of ether oxygens (including phenoxy) is 2. The Morgan fingerprint density at radius 2 is 1.78 bits per heavy atom. The monoisotopic (exact) mass is 488 g/mol. The molecular formula is C27H28N4O5. The Kier molecular flexibility index (Phi) is 7.79. The molecule has 2 amide bonds. The van der Waals surface area contributed by atoms with Gasteiger partial charge in [0, 0.05) is 36.6 Å². The van der Waals surface area contributed by atoms with Crippen LogP contribution in [0.1, 0.15) is 34.9 Å². The highest BCUT2D eigenvalue weighted by Crippen LogP contribution is 2.27. The highest BCUT2D eigenvalue weighted by Gasteiger charge is 2.32. The molecule has 0 aliphatic carbocycles. The number of esters is 1. The van der Waals surface area contributed by atoms with E-state index in [-0.39, 0.29) is 5.92 Å². The van der Waals surface area contributed by atoms with Crippen LogP contribution in [0.25, 0.3) is 0 Å². The van der Waals surface area contributed by atoms with Gasteiger partial charge in [0.15, 0.2) is 0 Å². The molecule has 3 N–H and O–H groups in total. The molecule has 1 aliphatic heterocycles. The average Bonchev–Trinajstić information content (AvgIpc) is 2.92. The number of carbonyl (C=O) groups is 3. The Bertz CT molecular complexity index is 1210. The van der Waals surface area contributed by atoms with Crippen molar-refractivity contribution in [3.8, 4) is 5.75 Å². The number of carbonyl (C=O) groups excluding carboxylic acids is 3. The molecule has 1 aliphatic rings. The quantitative estimate of drug-likeness (QED) is 0.466. The van der Waals surface area contributed by atoms with E-state index in [2.05, 4.69) is 10.3 Å². The molecule has 4 rings (SSSR count). The molecule has 0 radical (unpaired) electrons. The summed E-state index contributed by atoms with van der Waals surface area (Å²) in [4.78, 5) is 43.9. The van der Waals surface area contributed by atoms with Crippen molar-refractivity contribution in [1.82, 2.24) is 4.98 Å². The van der Waals surface area contributed by atoms with Crippen molar-refractivity contribution in [2.24, 2.45) is 11.7 Å². The van der Waals surface area contributed by atoms with E-state index in [0.29, 0.717) is 54.3 Å². The van der Waals surface area contributed by atoms with Crippen molar-refractivity contribution < 1.29 is 23.9 Å². The Labute approximate surface area is 209 Å². The Hall–Kier alpha value is -4.40. The lowest BCUT2D eigenvalue weighted by molar-refractivity contribution is -0.159. The van der Waals surface area contributed by atoms with Gasteiger partial charge >= 0.3 is 5.97 Å². The molecule has 1 saturated heterocycles. The molecule has 2 aromatic carbocycles. The van der Waals surface area contributed by atoms with Gasteiger partial charge in [0.25, 0.3) is 5.91 Å². The van der Waals surface area contributed by atoms with Gasteiger partial charge < -0.3 is 25.4 Å². The number of piperidine rings is 1. The molecule has 1 atom stereocenters. The summed E-state index contributed by atoms with van der Waals surface area (Å²) in [6.07, 6.45) is 1.46. The number of nitrogens with two attached hydrogens (primary N) is 1. The maximum Gasteiger partial charge on any atom is 0.310 e. The summed E-state index contributed by atoms with van der Waals surface area (Å²) in [5, 5.41) is 2.82. The molecule has 0 bridgehead atoms. The fourth-order valence-corrected chi connectivity index (χ4v) is 4.08. The van der Waals surface area contributed by atoms with Crippen LogP contribution in [0.15, 0.2) is 72.9 Å². The van der Waals surface area contributed by atoms with Gasteiger partial charge in [-0.3, -0.25) is 14.4 Å². The second-order valence-corrected chi connectivity index (χ2v) is 8.48. The number of anilines is 2. The van der Waals surface area contributed by atoms with Crippen molar-refractivity contribution in [1.29, 1.82) is 0 Å². The normalized spacial score (nSPS) is 14.5. The van der Waals surface area contributed by atoms with E-state index in [4.69, 9.17) is 15.2 Å². The summed E-state index contributed by atoms with van der Waals surface area (Å²) < 4.78 is 11.0. The van der Waals surface area contributed by atoms with Crippen LogP contribution in [0.2, 0.25) is 0 Å². The molecule has 2 heterocycles.